The lowest BCUT2D eigenvalue weighted by atomic mass is 10.1. The number of hydrogen-bond acceptors (Lipinski definition) is 7. The average Bonchev–Trinajstić information content (AvgIpc) is 2.95. The van der Waals surface area contributed by atoms with Crippen LogP contribution < -0.4 is 9.85 Å². The van der Waals surface area contributed by atoms with Gasteiger partial charge in [0, 0.05) is 6.54 Å². The summed E-state index contributed by atoms with van der Waals surface area (Å²) in [5.41, 5.74) is 0. The molecule has 0 aliphatic carbocycles. The summed E-state index contributed by atoms with van der Waals surface area (Å²) in [6.07, 6.45) is -0.305. The van der Waals surface area contributed by atoms with Gasteiger partial charge in [0.05, 0.1) is 11.6 Å². The topological polar surface area (TPSA) is 108 Å². The standard InChI is InChI=1S/C8H13N3O7/c1-2-15-8(14)16-5-17-11-10(18-11)9-4-3-6(9)7(12)13/h6H,2-5H2,1H3,(H,12,13). The fourth-order valence-electron chi connectivity index (χ4n) is 1.37. The minimum Gasteiger partial charge on any atom is -0.480 e. The second-order valence-electron chi connectivity index (χ2n) is 3.45. The maximum absolute atomic E-state index is 10.8. The zero-order valence-corrected chi connectivity index (χ0v) is 9.64. The van der Waals surface area contributed by atoms with Gasteiger partial charge in [-0.1, -0.05) is 0 Å². The van der Waals surface area contributed by atoms with E-state index in [1.807, 2.05) is 0 Å². The van der Waals surface area contributed by atoms with Crippen LogP contribution in [0, 0.1) is 0 Å². The number of carboxylic acid groups (broad SMARTS) is 1. The number of nitrogens with zero attached hydrogens (tertiary/aromatic N) is 3. The van der Waals surface area contributed by atoms with Gasteiger partial charge in [0.15, 0.2) is 0 Å². The van der Waals surface area contributed by atoms with Crippen LogP contribution in [0.3, 0.4) is 0 Å². The van der Waals surface area contributed by atoms with E-state index in [9.17, 15) is 9.59 Å². The molecule has 1 N–H and O–H groups in total. The zero-order chi connectivity index (χ0) is 13.1. The Balaban J connectivity index is 1.68. The Hall–Kier alpha value is -2.26. The molecule has 0 spiro atoms. The molecular weight excluding hydrogens is 250 g/mol. The number of carboxylic acids is 1. The van der Waals surface area contributed by atoms with Crippen LogP contribution in [-0.4, -0.2) is 53.2 Å². The highest BCUT2D eigenvalue weighted by molar-refractivity contribution is 5.77. The Morgan fingerprint density at radius 3 is 2.78 bits per heavy atom. The van der Waals surface area contributed by atoms with E-state index in [-0.39, 0.29) is 13.4 Å². The van der Waals surface area contributed by atoms with Gasteiger partial charge in [-0.15, -0.1) is 0 Å². The minimum atomic E-state index is -0.931. The third kappa shape index (κ3) is 2.52. The van der Waals surface area contributed by atoms with E-state index in [4.69, 9.17) is 14.6 Å². The molecule has 18 heavy (non-hydrogen) atoms. The maximum atomic E-state index is 10.8. The molecule has 1 saturated heterocycles. The Morgan fingerprint density at radius 2 is 2.22 bits per heavy atom. The number of ether oxygens (including phenoxy) is 2. The highest BCUT2D eigenvalue weighted by Crippen LogP contribution is 2.17. The lowest BCUT2D eigenvalue weighted by molar-refractivity contribution is -0.141. The van der Waals surface area contributed by atoms with Gasteiger partial charge in [-0.3, -0.25) is 0 Å². The van der Waals surface area contributed by atoms with Gasteiger partial charge >= 0.3 is 12.1 Å². The van der Waals surface area contributed by atoms with Crippen molar-refractivity contribution in [1.29, 1.82) is 0 Å². The fraction of sp³-hybridized carbons (Fsp3) is 0.750. The van der Waals surface area contributed by atoms with Crippen LogP contribution in [0.25, 0.3) is 0 Å². The first-order valence-electron chi connectivity index (χ1n) is 5.33. The van der Waals surface area contributed by atoms with Gasteiger partial charge in [-0.25, -0.2) is 14.6 Å². The van der Waals surface area contributed by atoms with Crippen molar-refractivity contribution in [3.05, 3.63) is 0 Å². The largest absolute Gasteiger partial charge is 0.511 e. The van der Waals surface area contributed by atoms with Crippen molar-refractivity contribution in [2.75, 3.05) is 25.0 Å². The Bertz CT molecular complexity index is 419. The second kappa shape index (κ2) is 4.94. The first kappa shape index (κ1) is 12.2. The molecule has 10 heteroatoms. The van der Waals surface area contributed by atoms with E-state index in [2.05, 4.69) is 9.47 Å². The van der Waals surface area contributed by atoms with Crippen molar-refractivity contribution in [3.63, 3.8) is 0 Å². The molecule has 2 heterocycles. The fourth-order valence-corrected chi connectivity index (χ4v) is 1.37. The Morgan fingerprint density at radius 1 is 1.44 bits per heavy atom. The molecule has 0 aromatic carbocycles. The molecule has 1 unspecified atom stereocenters. The minimum absolute atomic E-state index is 0.208. The molecule has 10 nitrogen and oxygen atoms in total. The van der Waals surface area contributed by atoms with Crippen molar-refractivity contribution >= 4 is 12.1 Å². The third-order valence-corrected chi connectivity index (χ3v) is 2.36. The molecule has 0 radical (unpaired) electrons. The summed E-state index contributed by atoms with van der Waals surface area (Å²) >= 11 is 0. The normalized spacial score (nSPS) is 18.3. The van der Waals surface area contributed by atoms with E-state index >= 15 is 0 Å². The van der Waals surface area contributed by atoms with Gasteiger partial charge in [0.1, 0.15) is 11.1 Å². The van der Waals surface area contributed by atoms with Crippen LogP contribution >= 0.6 is 0 Å². The van der Waals surface area contributed by atoms with E-state index in [1.165, 1.54) is 5.01 Å². The molecule has 102 valence electrons. The van der Waals surface area contributed by atoms with Gasteiger partial charge in [0.2, 0.25) is 0 Å². The zero-order valence-electron chi connectivity index (χ0n) is 9.64. The van der Waals surface area contributed by atoms with Gasteiger partial charge in [-0.2, -0.15) is 4.63 Å². The monoisotopic (exact) mass is 263 g/mol. The highest BCUT2D eigenvalue weighted by Gasteiger charge is 2.40. The Labute approximate surface area is 101 Å². The molecule has 1 aliphatic heterocycles. The van der Waals surface area contributed by atoms with Crippen molar-refractivity contribution in [2.45, 2.75) is 19.4 Å². The molecule has 1 fully saturated rings. The van der Waals surface area contributed by atoms with Crippen LogP contribution in [0.1, 0.15) is 13.3 Å². The molecule has 1 aromatic heterocycles. The predicted molar refractivity (Wildman–Crippen MR) is 53.4 cm³/mol. The first-order chi connectivity index (χ1) is 8.63. The number of hydrogen-bond donors (Lipinski definition) is 1. The number of carbonyl (C=O) groups excluding carboxylic acids is 1. The number of aromatic nitrogens is 2. The van der Waals surface area contributed by atoms with Crippen LogP contribution in [0.15, 0.2) is 4.63 Å². The molecule has 2 rings (SSSR count). The summed E-state index contributed by atoms with van der Waals surface area (Å²) in [5.74, 6) is -0.931. The van der Waals surface area contributed by atoms with Gasteiger partial charge in [0.25, 0.3) is 6.79 Å². The van der Waals surface area contributed by atoms with Crippen molar-refractivity contribution in [1.82, 2.24) is 9.98 Å². The SMILES string of the molecule is CCOC(=O)OCOn1on1N1CCC1C(=O)O. The van der Waals surface area contributed by atoms with Crippen LogP contribution in [0.5, 0.6) is 0 Å². The third-order valence-electron chi connectivity index (χ3n) is 2.36. The summed E-state index contributed by atoms with van der Waals surface area (Å²) < 4.78 is 13.8. The van der Waals surface area contributed by atoms with E-state index in [0.717, 1.165) is 9.98 Å². The molecule has 0 saturated carbocycles. The van der Waals surface area contributed by atoms with Crippen LogP contribution in [0.2, 0.25) is 0 Å². The summed E-state index contributed by atoms with van der Waals surface area (Å²) in [6, 6.07) is -0.621. The Kier molecular flexibility index (Phi) is 3.35. The molecule has 0 bridgehead atoms. The predicted octanol–water partition coefficient (Wildman–Crippen LogP) is -0.763. The molecule has 1 aromatic rings. The number of rotatable bonds is 6. The van der Waals surface area contributed by atoms with E-state index in [1.54, 1.807) is 6.92 Å². The van der Waals surface area contributed by atoms with Crippen LogP contribution in [0.4, 0.5) is 4.79 Å². The van der Waals surface area contributed by atoms with Crippen molar-refractivity contribution in [2.24, 2.45) is 0 Å². The summed E-state index contributed by atoms with van der Waals surface area (Å²) in [7, 11) is 0. The number of aliphatic carboxylic acids is 1. The van der Waals surface area contributed by atoms with Crippen molar-refractivity contribution in [3.8, 4) is 0 Å². The summed E-state index contributed by atoms with van der Waals surface area (Å²) in [5, 5.41) is 11.2. The smallest absolute Gasteiger partial charge is 0.480 e. The molecular formula is C8H13N3O7. The lowest BCUT2D eigenvalue weighted by Gasteiger charge is -2.33. The molecule has 0 amide bonds. The lowest BCUT2D eigenvalue weighted by Crippen LogP contribution is -2.57. The summed E-state index contributed by atoms with van der Waals surface area (Å²) in [4.78, 5) is 27.5. The van der Waals surface area contributed by atoms with Gasteiger partial charge in [-0.05, 0) is 13.3 Å². The van der Waals surface area contributed by atoms with Gasteiger partial charge < -0.3 is 19.4 Å². The number of carbonyl (C=O) groups is 2. The van der Waals surface area contributed by atoms with Crippen LogP contribution in [-0.2, 0) is 14.3 Å². The van der Waals surface area contributed by atoms with E-state index < -0.39 is 18.2 Å². The maximum Gasteiger partial charge on any atom is 0.511 e. The summed E-state index contributed by atoms with van der Waals surface area (Å²) in [6.45, 7) is 2.02. The van der Waals surface area contributed by atoms with Crippen molar-refractivity contribution < 1.29 is 33.6 Å². The molecule has 1 atom stereocenters. The second-order valence-corrected chi connectivity index (χ2v) is 3.45. The average molecular weight is 263 g/mol. The first-order valence-corrected chi connectivity index (χ1v) is 5.33. The molecule has 1 aliphatic rings. The highest BCUT2D eigenvalue weighted by atomic mass is 17.0. The quantitative estimate of drug-likeness (QED) is 0.527. The van der Waals surface area contributed by atoms with E-state index in [0.29, 0.717) is 13.0 Å².